The number of allylic oxidation sites excluding steroid dienone is 10. The number of nitrogens with zero attached hydrogens (tertiary/aromatic N) is 3. The van der Waals surface area contributed by atoms with E-state index in [2.05, 4.69) is 157 Å². The van der Waals surface area contributed by atoms with Crippen LogP contribution in [-0.4, -0.2) is 14.8 Å². The van der Waals surface area contributed by atoms with E-state index in [9.17, 15) is 0 Å². The minimum Gasteiger partial charge on any atom is -0.337 e. The van der Waals surface area contributed by atoms with E-state index in [1.807, 2.05) is 24.8 Å². The maximum Gasteiger partial charge on any atom is 0.133 e. The van der Waals surface area contributed by atoms with Crippen LogP contribution in [-0.2, 0) is 13.0 Å². The van der Waals surface area contributed by atoms with E-state index in [4.69, 9.17) is 4.99 Å². The molecule has 1 aliphatic rings. The van der Waals surface area contributed by atoms with Crippen molar-refractivity contribution in [2.24, 2.45) is 4.99 Å². The van der Waals surface area contributed by atoms with Crippen molar-refractivity contribution in [2.45, 2.75) is 38.6 Å². The SMILES string of the molecule is C=CC(=N\C(=C/C)n1c2ccccc2c2cc3c(cc21)c1ccccc1n3C/C=C\C=C/C)/C(C)=C/C=C1\Cc2ccccc2S1. The van der Waals surface area contributed by atoms with Crippen molar-refractivity contribution in [3.8, 4) is 0 Å². The van der Waals surface area contributed by atoms with Crippen molar-refractivity contribution in [1.82, 2.24) is 9.13 Å². The zero-order valence-electron chi connectivity index (χ0n) is 26.6. The van der Waals surface area contributed by atoms with Gasteiger partial charge >= 0.3 is 0 Å². The summed E-state index contributed by atoms with van der Waals surface area (Å²) in [6.45, 7) is 11.2. The fourth-order valence-corrected chi connectivity index (χ4v) is 7.55. The molecule has 0 atom stereocenters. The van der Waals surface area contributed by atoms with Crippen molar-refractivity contribution < 1.29 is 0 Å². The van der Waals surface area contributed by atoms with Crippen LogP contribution in [0.1, 0.15) is 26.3 Å². The van der Waals surface area contributed by atoms with Crippen LogP contribution < -0.4 is 0 Å². The Morgan fingerprint density at radius 1 is 0.826 bits per heavy atom. The second-order valence-corrected chi connectivity index (χ2v) is 12.7. The van der Waals surface area contributed by atoms with Crippen LogP contribution in [0.3, 0.4) is 0 Å². The Kier molecular flexibility index (Phi) is 8.21. The smallest absolute Gasteiger partial charge is 0.133 e. The molecule has 0 radical (unpaired) electrons. The first-order valence-electron chi connectivity index (χ1n) is 15.8. The molecule has 3 heterocycles. The first-order valence-corrected chi connectivity index (χ1v) is 16.7. The summed E-state index contributed by atoms with van der Waals surface area (Å²) < 4.78 is 4.73. The molecule has 3 nitrogen and oxygen atoms in total. The lowest BCUT2D eigenvalue weighted by Gasteiger charge is -2.11. The zero-order chi connectivity index (χ0) is 31.6. The lowest BCUT2D eigenvalue weighted by molar-refractivity contribution is 0.899. The summed E-state index contributed by atoms with van der Waals surface area (Å²) in [5.41, 5.74) is 8.09. The number of fused-ring (bicyclic) bond motifs is 7. The van der Waals surface area contributed by atoms with Gasteiger partial charge in [0, 0.05) is 44.9 Å². The Labute approximate surface area is 274 Å². The topological polar surface area (TPSA) is 22.2 Å². The Morgan fingerprint density at radius 3 is 2.28 bits per heavy atom. The van der Waals surface area contributed by atoms with Gasteiger partial charge in [0.05, 0.1) is 22.3 Å². The number of aliphatic imine (C=N–C) groups is 1. The van der Waals surface area contributed by atoms with Crippen molar-refractivity contribution in [3.05, 3.63) is 156 Å². The Morgan fingerprint density at radius 2 is 1.52 bits per heavy atom. The van der Waals surface area contributed by atoms with Crippen LogP contribution in [0.2, 0.25) is 0 Å². The predicted molar refractivity (Wildman–Crippen MR) is 202 cm³/mol. The number of benzene rings is 4. The molecule has 2 aromatic heterocycles. The average Bonchev–Trinajstić information content (AvgIpc) is 3.75. The molecule has 0 fully saturated rings. The van der Waals surface area contributed by atoms with E-state index < -0.39 is 0 Å². The zero-order valence-corrected chi connectivity index (χ0v) is 27.4. The second-order valence-electron chi connectivity index (χ2n) is 11.5. The highest BCUT2D eigenvalue weighted by atomic mass is 32.2. The van der Waals surface area contributed by atoms with Gasteiger partial charge in [-0.1, -0.05) is 109 Å². The molecule has 4 heteroatoms. The van der Waals surface area contributed by atoms with Gasteiger partial charge in [-0.25, -0.2) is 4.99 Å². The lowest BCUT2D eigenvalue weighted by Crippen LogP contribution is -2.01. The maximum absolute atomic E-state index is 5.24. The Balaban J connectivity index is 1.36. The van der Waals surface area contributed by atoms with Gasteiger partial charge in [-0.2, -0.15) is 0 Å². The minimum atomic E-state index is 0.804. The molecule has 0 bridgehead atoms. The molecule has 4 aromatic carbocycles. The minimum absolute atomic E-state index is 0.804. The molecule has 1 aliphatic heterocycles. The van der Waals surface area contributed by atoms with Crippen molar-refractivity contribution in [2.75, 3.05) is 0 Å². The summed E-state index contributed by atoms with van der Waals surface area (Å²) in [6, 6.07) is 30.7. The Hall–Kier alpha value is -5.06. The summed E-state index contributed by atoms with van der Waals surface area (Å²) >= 11 is 1.85. The standard InChI is InChI=1S/C42H37N3S/c1-5-8-9-16-25-44-37-20-13-11-18-32(37)34-28-40-35(27-39(34)44)33-19-12-14-21-38(33)45(40)42(7-3)43-36(6-2)29(4)23-24-31-26-30-17-10-15-22-41(30)46-31/h5-24,27-28H,2,25-26H2,1,3-4H3/b8-5-,16-9-,29-23+,31-24+,42-7+,43-36+. The van der Waals surface area contributed by atoms with Gasteiger partial charge in [-0.05, 0) is 79.3 Å². The first-order chi connectivity index (χ1) is 22.6. The molecule has 0 aliphatic carbocycles. The second kappa shape index (κ2) is 12.7. The normalized spacial score (nSPS) is 15.5. The van der Waals surface area contributed by atoms with E-state index in [1.54, 1.807) is 0 Å². The molecular weight excluding hydrogens is 579 g/mol. The van der Waals surface area contributed by atoms with Crippen molar-refractivity contribution >= 4 is 66.9 Å². The number of hydrogen-bond donors (Lipinski definition) is 0. The maximum atomic E-state index is 5.24. The average molecular weight is 616 g/mol. The summed E-state index contributed by atoms with van der Waals surface area (Å²) in [6.07, 6.45) is 17.8. The molecule has 226 valence electrons. The summed E-state index contributed by atoms with van der Waals surface area (Å²) in [5.74, 6) is 0.876. The molecule has 0 spiro atoms. The summed E-state index contributed by atoms with van der Waals surface area (Å²) in [5, 5.41) is 4.93. The van der Waals surface area contributed by atoms with Crippen LogP contribution in [0.5, 0.6) is 0 Å². The van der Waals surface area contributed by atoms with Crippen molar-refractivity contribution in [1.29, 1.82) is 0 Å². The first kappa shape index (κ1) is 29.6. The highest BCUT2D eigenvalue weighted by Crippen LogP contribution is 2.40. The Bertz CT molecular complexity index is 2300. The van der Waals surface area contributed by atoms with E-state index in [-0.39, 0.29) is 0 Å². The lowest BCUT2D eigenvalue weighted by atomic mass is 10.1. The quantitative estimate of drug-likeness (QED) is 0.123. The molecule has 7 rings (SSSR count). The van der Waals surface area contributed by atoms with Crippen LogP contribution in [0, 0.1) is 0 Å². The molecule has 0 saturated carbocycles. The summed E-state index contributed by atoms with van der Waals surface area (Å²) in [7, 11) is 0. The van der Waals surface area contributed by atoms with Crippen LogP contribution >= 0.6 is 11.8 Å². The molecule has 6 aromatic rings. The summed E-state index contributed by atoms with van der Waals surface area (Å²) in [4.78, 5) is 7.94. The highest BCUT2D eigenvalue weighted by molar-refractivity contribution is 8.03. The third kappa shape index (κ3) is 5.29. The van der Waals surface area contributed by atoms with Gasteiger partial charge in [0.2, 0.25) is 0 Å². The molecule has 0 unspecified atom stereocenters. The number of hydrogen-bond acceptors (Lipinski definition) is 2. The third-order valence-electron chi connectivity index (χ3n) is 8.71. The van der Waals surface area contributed by atoms with Gasteiger partial charge < -0.3 is 4.57 Å². The third-order valence-corrected chi connectivity index (χ3v) is 9.87. The number of thioether (sulfide) groups is 1. The van der Waals surface area contributed by atoms with Gasteiger partial charge in [-0.3, -0.25) is 4.57 Å². The van der Waals surface area contributed by atoms with Gasteiger partial charge in [0.25, 0.3) is 0 Å². The van der Waals surface area contributed by atoms with Gasteiger partial charge in [0.1, 0.15) is 5.82 Å². The molecular formula is C42H37N3S. The number of rotatable bonds is 8. The van der Waals surface area contributed by atoms with E-state index in [0.29, 0.717) is 0 Å². The molecule has 0 amide bonds. The molecule has 46 heavy (non-hydrogen) atoms. The van der Waals surface area contributed by atoms with E-state index in [0.717, 1.165) is 41.1 Å². The van der Waals surface area contributed by atoms with E-state index in [1.165, 1.54) is 47.9 Å². The highest BCUT2D eigenvalue weighted by Gasteiger charge is 2.18. The van der Waals surface area contributed by atoms with E-state index >= 15 is 0 Å². The predicted octanol–water partition coefficient (Wildman–Crippen LogP) is 11.7. The number of para-hydroxylation sites is 2. The van der Waals surface area contributed by atoms with Crippen LogP contribution in [0.4, 0.5) is 0 Å². The fourth-order valence-electron chi connectivity index (χ4n) is 6.48. The van der Waals surface area contributed by atoms with Crippen LogP contribution in [0.15, 0.2) is 160 Å². The molecule has 0 N–H and O–H groups in total. The molecule has 0 saturated heterocycles. The monoisotopic (exact) mass is 615 g/mol. The van der Waals surface area contributed by atoms with Gasteiger partial charge in [-0.15, -0.1) is 0 Å². The fraction of sp³-hybridized carbons (Fsp3) is 0.119. The number of aromatic nitrogens is 2. The van der Waals surface area contributed by atoms with Crippen molar-refractivity contribution in [3.63, 3.8) is 0 Å². The van der Waals surface area contributed by atoms with Crippen LogP contribution in [0.25, 0.3) is 49.4 Å². The largest absolute Gasteiger partial charge is 0.337 e. The van der Waals surface area contributed by atoms with Gasteiger partial charge in [0.15, 0.2) is 0 Å².